The summed E-state index contributed by atoms with van der Waals surface area (Å²) in [6.45, 7) is 2.82. The van der Waals surface area contributed by atoms with Crippen LogP contribution >= 0.6 is 0 Å². The van der Waals surface area contributed by atoms with Crippen molar-refractivity contribution in [1.29, 1.82) is 0 Å². The lowest BCUT2D eigenvalue weighted by Crippen LogP contribution is -2.16. The fraction of sp³-hybridized carbons (Fsp3) is 0.286. The average Bonchev–Trinajstić information content (AvgIpc) is 2.61. The minimum absolute atomic E-state index is 0.181. The van der Waals surface area contributed by atoms with Crippen molar-refractivity contribution < 1.29 is 9.53 Å². The summed E-state index contributed by atoms with van der Waals surface area (Å²) in [5.41, 5.74) is 3.18. The van der Waals surface area contributed by atoms with E-state index in [4.69, 9.17) is 4.74 Å². The molecule has 0 unspecified atom stereocenters. The molecule has 124 valence electrons. The van der Waals surface area contributed by atoms with E-state index in [2.05, 4.69) is 24.4 Å². The van der Waals surface area contributed by atoms with Gasteiger partial charge in [0.15, 0.2) is 5.78 Å². The van der Waals surface area contributed by atoms with Crippen molar-refractivity contribution in [3.63, 3.8) is 0 Å². The second-order valence-corrected chi connectivity index (χ2v) is 6.15. The van der Waals surface area contributed by atoms with E-state index in [1.54, 1.807) is 6.08 Å². The van der Waals surface area contributed by atoms with E-state index in [1.807, 2.05) is 42.5 Å². The third-order valence-corrected chi connectivity index (χ3v) is 4.15. The smallest absolute Gasteiger partial charge is 0.158 e. The molecule has 0 radical (unpaired) electrons. The van der Waals surface area contributed by atoms with E-state index in [9.17, 15) is 4.79 Å². The molecule has 3 rings (SSSR count). The zero-order valence-corrected chi connectivity index (χ0v) is 14.0. The number of ketones is 1. The Labute approximate surface area is 143 Å². The van der Waals surface area contributed by atoms with Crippen LogP contribution in [0.5, 0.6) is 5.75 Å². The summed E-state index contributed by atoms with van der Waals surface area (Å²) in [6, 6.07) is 18.1. The van der Waals surface area contributed by atoms with Gasteiger partial charge < -0.3 is 10.1 Å². The van der Waals surface area contributed by atoms with Crippen molar-refractivity contribution in [2.45, 2.75) is 32.1 Å². The van der Waals surface area contributed by atoms with E-state index in [0.29, 0.717) is 6.42 Å². The molecule has 0 spiro atoms. The van der Waals surface area contributed by atoms with E-state index >= 15 is 0 Å². The van der Waals surface area contributed by atoms with Gasteiger partial charge in [0.2, 0.25) is 0 Å². The Hall–Kier alpha value is -2.55. The lowest BCUT2D eigenvalue weighted by molar-refractivity contribution is -0.115. The zero-order chi connectivity index (χ0) is 16.8. The molecule has 0 bridgehead atoms. The largest absolute Gasteiger partial charge is 0.494 e. The van der Waals surface area contributed by atoms with Crippen LogP contribution in [0, 0.1) is 0 Å². The number of nitrogens with one attached hydrogen (secondary N) is 1. The van der Waals surface area contributed by atoms with Crippen LogP contribution in [0.4, 0.5) is 5.69 Å². The lowest BCUT2D eigenvalue weighted by atomic mass is 9.85. The second-order valence-electron chi connectivity index (χ2n) is 6.15. The van der Waals surface area contributed by atoms with Gasteiger partial charge in [0.1, 0.15) is 5.75 Å². The van der Waals surface area contributed by atoms with Gasteiger partial charge in [0, 0.05) is 23.9 Å². The normalized spacial score (nSPS) is 17.3. The fourth-order valence-corrected chi connectivity index (χ4v) is 2.98. The number of allylic oxidation sites excluding steroid dienone is 2. The quantitative estimate of drug-likeness (QED) is 0.821. The first-order chi connectivity index (χ1) is 11.7. The summed E-state index contributed by atoms with van der Waals surface area (Å²) >= 11 is 0. The topological polar surface area (TPSA) is 38.3 Å². The Kier molecular flexibility index (Phi) is 5.32. The summed E-state index contributed by atoms with van der Waals surface area (Å²) in [6.07, 6.45) is 4.17. The molecule has 0 fully saturated rings. The summed E-state index contributed by atoms with van der Waals surface area (Å²) in [7, 11) is 0. The van der Waals surface area contributed by atoms with E-state index < -0.39 is 0 Å². The van der Waals surface area contributed by atoms with Crippen LogP contribution < -0.4 is 10.1 Å². The Bertz CT molecular complexity index is 704. The van der Waals surface area contributed by atoms with Gasteiger partial charge in [-0.15, -0.1) is 0 Å². The molecule has 2 aromatic carbocycles. The Morgan fingerprint density at radius 3 is 2.50 bits per heavy atom. The highest BCUT2D eigenvalue weighted by molar-refractivity contribution is 5.92. The molecular formula is C21H23NO2. The molecule has 0 aliphatic heterocycles. The second kappa shape index (κ2) is 7.82. The van der Waals surface area contributed by atoms with Crippen LogP contribution in [0.2, 0.25) is 0 Å². The van der Waals surface area contributed by atoms with Crippen molar-refractivity contribution in [2.75, 3.05) is 11.9 Å². The number of rotatable bonds is 6. The Morgan fingerprint density at radius 1 is 1.04 bits per heavy atom. The number of hydrogen-bond acceptors (Lipinski definition) is 3. The highest BCUT2D eigenvalue weighted by Crippen LogP contribution is 2.32. The van der Waals surface area contributed by atoms with Crippen molar-refractivity contribution in [1.82, 2.24) is 0 Å². The molecule has 1 aliphatic carbocycles. The highest BCUT2D eigenvalue weighted by atomic mass is 16.5. The van der Waals surface area contributed by atoms with E-state index in [0.717, 1.165) is 36.6 Å². The maximum atomic E-state index is 12.1. The summed E-state index contributed by atoms with van der Waals surface area (Å²) in [5.74, 6) is 1.30. The molecule has 0 heterocycles. The first-order valence-corrected chi connectivity index (χ1v) is 8.53. The molecule has 24 heavy (non-hydrogen) atoms. The molecule has 3 heteroatoms. The van der Waals surface area contributed by atoms with Gasteiger partial charge in [-0.05, 0) is 48.6 Å². The Balaban J connectivity index is 1.67. The van der Waals surface area contributed by atoms with Crippen LogP contribution in [0.15, 0.2) is 66.4 Å². The van der Waals surface area contributed by atoms with E-state index in [1.165, 1.54) is 5.56 Å². The molecule has 1 atom stereocenters. The van der Waals surface area contributed by atoms with Crippen molar-refractivity contribution >= 4 is 11.5 Å². The van der Waals surface area contributed by atoms with Crippen molar-refractivity contribution in [3.05, 3.63) is 71.9 Å². The van der Waals surface area contributed by atoms with Gasteiger partial charge in [-0.25, -0.2) is 0 Å². The molecule has 0 saturated heterocycles. The molecule has 1 aliphatic rings. The van der Waals surface area contributed by atoms with Gasteiger partial charge in [0.25, 0.3) is 0 Å². The lowest BCUT2D eigenvalue weighted by Gasteiger charge is -2.23. The highest BCUT2D eigenvalue weighted by Gasteiger charge is 2.22. The molecule has 0 saturated carbocycles. The van der Waals surface area contributed by atoms with Gasteiger partial charge in [-0.2, -0.15) is 0 Å². The fourth-order valence-electron chi connectivity index (χ4n) is 2.98. The summed E-state index contributed by atoms with van der Waals surface area (Å²) in [4.78, 5) is 12.1. The van der Waals surface area contributed by atoms with Crippen LogP contribution in [-0.4, -0.2) is 12.4 Å². The number of carbonyl (C=O) groups excluding carboxylic acids is 1. The minimum Gasteiger partial charge on any atom is -0.494 e. The van der Waals surface area contributed by atoms with Gasteiger partial charge in [0.05, 0.1) is 6.61 Å². The average molecular weight is 321 g/mol. The number of anilines is 1. The molecular weight excluding hydrogens is 298 g/mol. The first-order valence-electron chi connectivity index (χ1n) is 8.53. The maximum Gasteiger partial charge on any atom is 0.158 e. The van der Waals surface area contributed by atoms with Crippen molar-refractivity contribution in [2.24, 2.45) is 0 Å². The third-order valence-electron chi connectivity index (χ3n) is 4.15. The van der Waals surface area contributed by atoms with Crippen LogP contribution in [-0.2, 0) is 4.79 Å². The van der Waals surface area contributed by atoms with Crippen LogP contribution in [0.3, 0.4) is 0 Å². The number of hydrogen-bond donors (Lipinski definition) is 1. The predicted molar refractivity (Wildman–Crippen MR) is 97.4 cm³/mol. The number of carbonyl (C=O) groups is 1. The van der Waals surface area contributed by atoms with E-state index in [-0.39, 0.29) is 11.7 Å². The molecule has 2 aromatic rings. The number of benzene rings is 2. The van der Waals surface area contributed by atoms with Gasteiger partial charge in [-0.1, -0.05) is 37.3 Å². The van der Waals surface area contributed by atoms with Gasteiger partial charge >= 0.3 is 0 Å². The molecule has 1 N–H and O–H groups in total. The standard InChI is InChI=1S/C21H23NO2/c1-2-12-24-21-10-8-18(9-11-21)22-19-13-17(14-20(23)15-19)16-6-4-3-5-7-16/h3-11,15,17,22H,2,12-14H2,1H3/t17-/m1/s1. The summed E-state index contributed by atoms with van der Waals surface area (Å²) in [5, 5.41) is 3.38. The minimum atomic E-state index is 0.181. The molecule has 3 nitrogen and oxygen atoms in total. The van der Waals surface area contributed by atoms with Crippen LogP contribution in [0.25, 0.3) is 0 Å². The molecule has 0 amide bonds. The maximum absolute atomic E-state index is 12.1. The number of ether oxygens (including phenoxy) is 1. The predicted octanol–water partition coefficient (Wildman–Crippen LogP) is 4.92. The summed E-state index contributed by atoms with van der Waals surface area (Å²) < 4.78 is 5.60. The SMILES string of the molecule is CCCOc1ccc(NC2=CC(=O)C[C@H](c3ccccc3)C2)cc1. The van der Waals surface area contributed by atoms with Crippen molar-refractivity contribution in [3.8, 4) is 5.75 Å². The first kappa shape index (κ1) is 16.3. The Morgan fingerprint density at radius 2 is 1.79 bits per heavy atom. The monoisotopic (exact) mass is 321 g/mol. The van der Waals surface area contributed by atoms with Crippen LogP contribution in [0.1, 0.15) is 37.7 Å². The zero-order valence-electron chi connectivity index (χ0n) is 14.0. The molecule has 0 aromatic heterocycles. The third kappa shape index (κ3) is 4.25. The van der Waals surface area contributed by atoms with Gasteiger partial charge in [-0.3, -0.25) is 4.79 Å².